The molecule has 1 aromatic rings. The zero-order chi connectivity index (χ0) is 16.6. The van der Waals surface area contributed by atoms with Gasteiger partial charge >= 0.3 is 0 Å². The molecule has 0 aromatic heterocycles. The average Bonchev–Trinajstić information content (AvgIpc) is 2.45. The van der Waals surface area contributed by atoms with Crippen LogP contribution in [0.4, 0.5) is 0 Å². The summed E-state index contributed by atoms with van der Waals surface area (Å²) in [4.78, 5) is 0. The SMILES string of the molecule is CCCC(O)(CCC)CCc1cccc(C(O)CC(C)=N)c1. The fourth-order valence-electron chi connectivity index (χ4n) is 3.05. The highest BCUT2D eigenvalue weighted by molar-refractivity contribution is 5.79. The van der Waals surface area contributed by atoms with Crippen molar-refractivity contribution in [2.24, 2.45) is 0 Å². The molecule has 1 rings (SSSR count). The summed E-state index contributed by atoms with van der Waals surface area (Å²) in [5.74, 6) is 0. The second-order valence-corrected chi connectivity index (χ2v) is 6.47. The van der Waals surface area contributed by atoms with Crippen molar-refractivity contribution >= 4 is 5.71 Å². The van der Waals surface area contributed by atoms with Crippen molar-refractivity contribution in [2.45, 2.75) is 77.4 Å². The molecule has 1 aromatic carbocycles. The Morgan fingerprint density at radius 3 is 2.36 bits per heavy atom. The first-order chi connectivity index (χ1) is 10.4. The van der Waals surface area contributed by atoms with Gasteiger partial charge in [-0.25, -0.2) is 0 Å². The standard InChI is InChI=1S/C19H31NO2/c1-4-10-19(22,11-5-2)12-9-16-7-6-8-17(14-16)18(21)13-15(3)20/h6-8,14,18,20-22H,4-5,9-13H2,1-3H3. The Morgan fingerprint density at radius 1 is 1.18 bits per heavy atom. The predicted molar refractivity (Wildman–Crippen MR) is 92.5 cm³/mol. The fourth-order valence-corrected chi connectivity index (χ4v) is 3.05. The largest absolute Gasteiger partial charge is 0.390 e. The quantitative estimate of drug-likeness (QED) is 0.560. The summed E-state index contributed by atoms with van der Waals surface area (Å²) in [5.41, 5.74) is 1.92. The van der Waals surface area contributed by atoms with Crippen molar-refractivity contribution in [3.05, 3.63) is 35.4 Å². The number of hydrogen-bond donors (Lipinski definition) is 3. The lowest BCUT2D eigenvalue weighted by Gasteiger charge is -2.27. The van der Waals surface area contributed by atoms with Crippen molar-refractivity contribution in [2.75, 3.05) is 0 Å². The molecule has 3 N–H and O–H groups in total. The monoisotopic (exact) mass is 305 g/mol. The van der Waals surface area contributed by atoms with E-state index in [1.807, 2.05) is 24.3 Å². The first kappa shape index (κ1) is 18.9. The summed E-state index contributed by atoms with van der Waals surface area (Å²) >= 11 is 0. The summed E-state index contributed by atoms with van der Waals surface area (Å²) in [6, 6.07) is 7.91. The van der Waals surface area contributed by atoms with Crippen molar-refractivity contribution in [1.29, 1.82) is 5.41 Å². The number of aryl methyl sites for hydroxylation is 1. The van der Waals surface area contributed by atoms with E-state index in [9.17, 15) is 10.2 Å². The summed E-state index contributed by atoms with van der Waals surface area (Å²) < 4.78 is 0. The van der Waals surface area contributed by atoms with Gasteiger partial charge in [-0.05, 0) is 43.7 Å². The zero-order valence-electron chi connectivity index (χ0n) is 14.2. The first-order valence-corrected chi connectivity index (χ1v) is 8.43. The molecule has 1 atom stereocenters. The molecule has 3 nitrogen and oxygen atoms in total. The van der Waals surface area contributed by atoms with Crippen molar-refractivity contribution < 1.29 is 10.2 Å². The second-order valence-electron chi connectivity index (χ2n) is 6.47. The van der Waals surface area contributed by atoms with Gasteiger partial charge in [-0.3, -0.25) is 0 Å². The zero-order valence-corrected chi connectivity index (χ0v) is 14.2. The Bertz CT molecular complexity index is 464. The summed E-state index contributed by atoms with van der Waals surface area (Å²) in [5, 5.41) is 28.3. The molecular weight excluding hydrogens is 274 g/mol. The van der Waals surface area contributed by atoms with Gasteiger partial charge in [0.05, 0.1) is 11.7 Å². The molecular formula is C19H31NO2. The predicted octanol–water partition coefficient (Wildman–Crippen LogP) is 4.41. The van der Waals surface area contributed by atoms with E-state index in [1.165, 1.54) is 0 Å². The van der Waals surface area contributed by atoms with E-state index in [2.05, 4.69) is 13.8 Å². The van der Waals surface area contributed by atoms with Crippen LogP contribution in [0.25, 0.3) is 0 Å². The Labute approximate surface area is 134 Å². The fraction of sp³-hybridized carbons (Fsp3) is 0.632. The Morgan fingerprint density at radius 2 is 1.82 bits per heavy atom. The molecule has 3 heteroatoms. The third kappa shape index (κ3) is 6.29. The van der Waals surface area contributed by atoms with Crippen LogP contribution in [0.2, 0.25) is 0 Å². The van der Waals surface area contributed by atoms with Crippen LogP contribution in [0.15, 0.2) is 24.3 Å². The molecule has 0 radical (unpaired) electrons. The topological polar surface area (TPSA) is 64.3 Å². The Balaban J connectivity index is 2.71. The van der Waals surface area contributed by atoms with E-state index in [4.69, 9.17) is 5.41 Å². The lowest BCUT2D eigenvalue weighted by atomic mass is 9.86. The minimum absolute atomic E-state index is 0.374. The van der Waals surface area contributed by atoms with E-state index in [0.717, 1.165) is 49.7 Å². The van der Waals surface area contributed by atoms with Gasteiger partial charge in [-0.15, -0.1) is 0 Å². The maximum atomic E-state index is 10.7. The van der Waals surface area contributed by atoms with Gasteiger partial charge in [-0.2, -0.15) is 0 Å². The maximum absolute atomic E-state index is 10.7. The molecule has 0 amide bonds. The first-order valence-electron chi connectivity index (χ1n) is 8.43. The summed E-state index contributed by atoms with van der Waals surface area (Å²) in [6.07, 6.45) is 5.02. The van der Waals surface area contributed by atoms with Crippen molar-refractivity contribution in [3.63, 3.8) is 0 Å². The molecule has 0 saturated heterocycles. The van der Waals surface area contributed by atoms with E-state index in [1.54, 1.807) is 6.92 Å². The Kier molecular flexibility index (Phi) is 7.77. The number of nitrogens with one attached hydrogen (secondary N) is 1. The highest BCUT2D eigenvalue weighted by Crippen LogP contribution is 2.26. The smallest absolute Gasteiger partial charge is 0.0841 e. The van der Waals surface area contributed by atoms with Crippen LogP contribution < -0.4 is 0 Å². The van der Waals surface area contributed by atoms with E-state index >= 15 is 0 Å². The molecule has 0 aliphatic rings. The number of hydrogen-bond acceptors (Lipinski definition) is 3. The highest BCUT2D eigenvalue weighted by atomic mass is 16.3. The van der Waals surface area contributed by atoms with Crippen LogP contribution in [-0.2, 0) is 6.42 Å². The minimum atomic E-state index is -0.609. The van der Waals surface area contributed by atoms with Crippen LogP contribution in [0.1, 0.15) is 76.5 Å². The molecule has 1 unspecified atom stereocenters. The summed E-state index contributed by atoms with van der Waals surface area (Å²) in [7, 11) is 0. The molecule has 0 saturated carbocycles. The molecule has 124 valence electrons. The van der Waals surface area contributed by atoms with Crippen molar-refractivity contribution in [1.82, 2.24) is 0 Å². The van der Waals surface area contributed by atoms with E-state index < -0.39 is 11.7 Å². The Hall–Kier alpha value is -1.19. The van der Waals surface area contributed by atoms with E-state index in [-0.39, 0.29) is 0 Å². The van der Waals surface area contributed by atoms with Crippen LogP contribution in [0.3, 0.4) is 0 Å². The highest BCUT2D eigenvalue weighted by Gasteiger charge is 2.24. The van der Waals surface area contributed by atoms with Crippen molar-refractivity contribution in [3.8, 4) is 0 Å². The molecule has 0 bridgehead atoms. The van der Waals surface area contributed by atoms with Crippen LogP contribution in [0.5, 0.6) is 0 Å². The third-order valence-electron chi connectivity index (χ3n) is 4.15. The van der Waals surface area contributed by atoms with Crippen LogP contribution in [0, 0.1) is 5.41 Å². The summed E-state index contributed by atoms with van der Waals surface area (Å²) in [6.45, 7) is 5.93. The molecule has 0 spiro atoms. The van der Waals surface area contributed by atoms with Crippen LogP contribution in [-0.4, -0.2) is 21.5 Å². The molecule has 0 heterocycles. The van der Waals surface area contributed by atoms with Gasteiger partial charge in [-0.1, -0.05) is 51.0 Å². The molecule has 0 aliphatic carbocycles. The lowest BCUT2D eigenvalue weighted by molar-refractivity contribution is 0.0132. The minimum Gasteiger partial charge on any atom is -0.390 e. The third-order valence-corrected chi connectivity index (χ3v) is 4.15. The van der Waals surface area contributed by atoms with Gasteiger partial charge < -0.3 is 15.6 Å². The number of aliphatic hydroxyl groups is 2. The molecule has 0 aliphatic heterocycles. The van der Waals surface area contributed by atoms with Gasteiger partial charge in [0.25, 0.3) is 0 Å². The van der Waals surface area contributed by atoms with Gasteiger partial charge in [0.2, 0.25) is 0 Å². The lowest BCUT2D eigenvalue weighted by Crippen LogP contribution is -2.28. The van der Waals surface area contributed by atoms with Crippen LogP contribution >= 0.6 is 0 Å². The van der Waals surface area contributed by atoms with E-state index in [0.29, 0.717) is 12.1 Å². The molecule has 22 heavy (non-hydrogen) atoms. The second kappa shape index (κ2) is 9.06. The van der Waals surface area contributed by atoms with Gasteiger partial charge in [0, 0.05) is 12.1 Å². The number of rotatable bonds is 10. The van der Waals surface area contributed by atoms with Gasteiger partial charge in [0.15, 0.2) is 0 Å². The average molecular weight is 305 g/mol. The number of benzene rings is 1. The number of aliphatic hydroxyl groups excluding tert-OH is 1. The normalized spacial score (nSPS) is 13.1. The maximum Gasteiger partial charge on any atom is 0.0841 e. The molecule has 0 fully saturated rings. The van der Waals surface area contributed by atoms with Gasteiger partial charge in [0.1, 0.15) is 0 Å².